The van der Waals surface area contributed by atoms with Crippen LogP contribution < -0.4 is 5.32 Å². The normalized spacial score (nSPS) is 33.4. The van der Waals surface area contributed by atoms with E-state index < -0.39 is 0 Å². The van der Waals surface area contributed by atoms with Gasteiger partial charge in [-0.05, 0) is 26.2 Å². The van der Waals surface area contributed by atoms with Crippen molar-refractivity contribution < 1.29 is 0 Å². The summed E-state index contributed by atoms with van der Waals surface area (Å²) >= 11 is 2.13. The fourth-order valence-electron chi connectivity index (χ4n) is 2.68. The second-order valence-electron chi connectivity index (χ2n) is 5.57. The van der Waals surface area contributed by atoms with Gasteiger partial charge in [0.2, 0.25) is 0 Å². The molecule has 2 fully saturated rings. The van der Waals surface area contributed by atoms with Crippen molar-refractivity contribution in [1.82, 2.24) is 5.32 Å². The lowest BCUT2D eigenvalue weighted by molar-refractivity contribution is 0.313. The van der Waals surface area contributed by atoms with Gasteiger partial charge in [0.05, 0.1) is 5.37 Å². The highest BCUT2D eigenvalue weighted by Gasteiger charge is 2.31. The molecule has 14 heavy (non-hydrogen) atoms. The van der Waals surface area contributed by atoms with E-state index in [9.17, 15) is 0 Å². The van der Waals surface area contributed by atoms with E-state index in [4.69, 9.17) is 0 Å². The van der Waals surface area contributed by atoms with Crippen LogP contribution >= 0.6 is 11.8 Å². The minimum atomic E-state index is 0.379. The van der Waals surface area contributed by atoms with Crippen LogP contribution in [0.2, 0.25) is 0 Å². The number of hydrogen-bond acceptors (Lipinski definition) is 2. The Hall–Kier alpha value is 0.310. The van der Waals surface area contributed by atoms with Gasteiger partial charge < -0.3 is 0 Å². The maximum absolute atomic E-state index is 3.74. The van der Waals surface area contributed by atoms with Crippen LogP contribution in [0.1, 0.15) is 52.4 Å². The molecule has 0 spiro atoms. The first-order valence-electron chi connectivity index (χ1n) is 6.05. The zero-order valence-electron chi connectivity index (χ0n) is 9.51. The van der Waals surface area contributed by atoms with Crippen molar-refractivity contribution in [3.8, 4) is 0 Å². The summed E-state index contributed by atoms with van der Waals surface area (Å²) in [5, 5.41) is 4.48. The molecule has 1 aliphatic carbocycles. The van der Waals surface area contributed by atoms with Gasteiger partial charge in [-0.15, -0.1) is 11.8 Å². The van der Waals surface area contributed by atoms with Crippen molar-refractivity contribution in [3.63, 3.8) is 0 Å². The van der Waals surface area contributed by atoms with E-state index in [1.807, 2.05) is 0 Å². The molecule has 0 radical (unpaired) electrons. The molecular formula is C12H23NS. The molecule has 1 unspecified atom stereocenters. The van der Waals surface area contributed by atoms with Crippen LogP contribution in [0.5, 0.6) is 0 Å². The summed E-state index contributed by atoms with van der Waals surface area (Å²) in [5.41, 5.74) is 0.379. The van der Waals surface area contributed by atoms with Gasteiger partial charge in [-0.25, -0.2) is 0 Å². The lowest BCUT2D eigenvalue weighted by Crippen LogP contribution is -2.39. The van der Waals surface area contributed by atoms with Gasteiger partial charge in [0.25, 0.3) is 0 Å². The average molecular weight is 213 g/mol. The SMILES string of the molecule is CC1(C)CSC(CC2CCCCC2)N1. The van der Waals surface area contributed by atoms with Crippen LogP contribution in [0.3, 0.4) is 0 Å². The average Bonchev–Trinajstić information content (AvgIpc) is 2.47. The van der Waals surface area contributed by atoms with Crippen molar-refractivity contribution in [2.75, 3.05) is 5.75 Å². The fraction of sp³-hybridized carbons (Fsp3) is 1.00. The quantitative estimate of drug-likeness (QED) is 0.754. The molecule has 0 bridgehead atoms. The van der Waals surface area contributed by atoms with Gasteiger partial charge in [-0.3, -0.25) is 5.32 Å². The van der Waals surface area contributed by atoms with Crippen LogP contribution in [0.15, 0.2) is 0 Å². The van der Waals surface area contributed by atoms with Crippen molar-refractivity contribution in [1.29, 1.82) is 0 Å². The minimum Gasteiger partial charge on any atom is -0.299 e. The summed E-state index contributed by atoms with van der Waals surface area (Å²) in [4.78, 5) is 0. The number of thioether (sulfide) groups is 1. The summed E-state index contributed by atoms with van der Waals surface area (Å²) in [6.07, 6.45) is 8.82. The van der Waals surface area contributed by atoms with Gasteiger partial charge >= 0.3 is 0 Å². The van der Waals surface area contributed by atoms with Crippen LogP contribution in [0, 0.1) is 5.92 Å². The summed E-state index contributed by atoms with van der Waals surface area (Å²) in [6.45, 7) is 4.64. The predicted octanol–water partition coefficient (Wildman–Crippen LogP) is 3.40. The molecule has 1 nitrogen and oxygen atoms in total. The third-order valence-corrected chi connectivity index (χ3v) is 5.07. The standard InChI is InChI=1S/C12H23NS/c1-12(2)9-14-11(13-12)8-10-6-4-3-5-7-10/h10-11,13H,3-9H2,1-2H3. The molecule has 82 valence electrons. The highest BCUT2D eigenvalue weighted by atomic mass is 32.2. The van der Waals surface area contributed by atoms with Gasteiger partial charge in [-0.1, -0.05) is 32.1 Å². The van der Waals surface area contributed by atoms with Crippen molar-refractivity contribution in [2.45, 2.75) is 63.3 Å². The monoisotopic (exact) mass is 213 g/mol. The first-order chi connectivity index (χ1) is 6.66. The third kappa shape index (κ3) is 2.90. The van der Waals surface area contributed by atoms with E-state index in [1.54, 1.807) is 0 Å². The molecule has 1 heterocycles. The van der Waals surface area contributed by atoms with E-state index in [0.29, 0.717) is 5.54 Å². The van der Waals surface area contributed by atoms with E-state index >= 15 is 0 Å². The first kappa shape index (κ1) is 10.8. The maximum atomic E-state index is 3.74. The second kappa shape index (κ2) is 4.44. The van der Waals surface area contributed by atoms with E-state index in [2.05, 4.69) is 30.9 Å². The Labute approximate surface area is 92.4 Å². The van der Waals surface area contributed by atoms with Crippen LogP contribution in [0.4, 0.5) is 0 Å². The molecule has 1 N–H and O–H groups in total. The Morgan fingerprint density at radius 3 is 2.50 bits per heavy atom. The fourth-order valence-corrected chi connectivity index (χ4v) is 4.19. The number of nitrogens with one attached hydrogen (secondary N) is 1. The van der Waals surface area contributed by atoms with Crippen molar-refractivity contribution in [2.24, 2.45) is 5.92 Å². The van der Waals surface area contributed by atoms with Crippen molar-refractivity contribution >= 4 is 11.8 Å². The molecule has 1 saturated carbocycles. The summed E-state index contributed by atoms with van der Waals surface area (Å²) in [7, 11) is 0. The van der Waals surface area contributed by atoms with Crippen LogP contribution in [-0.4, -0.2) is 16.7 Å². The molecule has 0 aromatic carbocycles. The first-order valence-corrected chi connectivity index (χ1v) is 7.10. The molecule has 2 heteroatoms. The minimum absolute atomic E-state index is 0.379. The maximum Gasteiger partial charge on any atom is 0.0539 e. The Balaban J connectivity index is 1.75. The molecule has 1 aliphatic heterocycles. The summed E-state index contributed by atoms with van der Waals surface area (Å²) in [6, 6.07) is 0. The van der Waals surface area contributed by atoms with E-state index in [1.165, 1.54) is 44.3 Å². The molecule has 0 amide bonds. The molecule has 0 aromatic rings. The Kier molecular flexibility index (Phi) is 3.43. The van der Waals surface area contributed by atoms with Gasteiger partial charge in [-0.2, -0.15) is 0 Å². The molecule has 0 aromatic heterocycles. The van der Waals surface area contributed by atoms with Crippen LogP contribution in [-0.2, 0) is 0 Å². The van der Waals surface area contributed by atoms with E-state index in [-0.39, 0.29) is 0 Å². The van der Waals surface area contributed by atoms with Crippen LogP contribution in [0.25, 0.3) is 0 Å². The molecule has 2 rings (SSSR count). The second-order valence-corrected chi connectivity index (χ2v) is 6.76. The number of rotatable bonds is 2. The molecular weight excluding hydrogens is 190 g/mol. The predicted molar refractivity (Wildman–Crippen MR) is 64.7 cm³/mol. The lowest BCUT2D eigenvalue weighted by atomic mass is 9.87. The molecule has 1 saturated heterocycles. The van der Waals surface area contributed by atoms with Crippen molar-refractivity contribution in [3.05, 3.63) is 0 Å². The summed E-state index contributed by atoms with van der Waals surface area (Å²) < 4.78 is 0. The Bertz CT molecular complexity index is 185. The van der Waals surface area contributed by atoms with E-state index in [0.717, 1.165) is 11.3 Å². The Morgan fingerprint density at radius 2 is 1.93 bits per heavy atom. The Morgan fingerprint density at radius 1 is 1.21 bits per heavy atom. The summed E-state index contributed by atoms with van der Waals surface area (Å²) in [5.74, 6) is 2.30. The zero-order chi connectivity index (χ0) is 10.0. The van der Waals surface area contributed by atoms with Gasteiger partial charge in [0.15, 0.2) is 0 Å². The highest BCUT2D eigenvalue weighted by Crippen LogP contribution is 2.34. The molecule has 2 aliphatic rings. The molecule has 1 atom stereocenters. The topological polar surface area (TPSA) is 12.0 Å². The largest absolute Gasteiger partial charge is 0.299 e. The van der Waals surface area contributed by atoms with Gasteiger partial charge in [0, 0.05) is 11.3 Å². The highest BCUT2D eigenvalue weighted by molar-refractivity contribution is 8.00. The van der Waals surface area contributed by atoms with Gasteiger partial charge in [0.1, 0.15) is 0 Å². The number of hydrogen-bond donors (Lipinski definition) is 1. The lowest BCUT2D eigenvalue weighted by Gasteiger charge is -2.25. The zero-order valence-corrected chi connectivity index (χ0v) is 10.3. The third-order valence-electron chi connectivity index (χ3n) is 3.47. The smallest absolute Gasteiger partial charge is 0.0539 e.